The van der Waals surface area contributed by atoms with Gasteiger partial charge in [0, 0.05) is 31.8 Å². The summed E-state index contributed by atoms with van der Waals surface area (Å²) in [6.07, 6.45) is -4.05. The molecule has 1 heterocycles. The van der Waals surface area contributed by atoms with Gasteiger partial charge in [-0.2, -0.15) is 28.4 Å². The average Bonchev–Trinajstić information content (AvgIpc) is 2.69. The molecule has 0 spiro atoms. The van der Waals surface area contributed by atoms with Crippen molar-refractivity contribution in [2.75, 3.05) is 22.9 Å². The Balaban J connectivity index is 2.26. The van der Waals surface area contributed by atoms with Gasteiger partial charge in [0.2, 0.25) is 17.8 Å². The maximum atomic E-state index is 13.0. The van der Waals surface area contributed by atoms with E-state index in [1.807, 2.05) is 6.07 Å². The Morgan fingerprint density at radius 3 is 2.66 bits per heavy atom. The van der Waals surface area contributed by atoms with Crippen LogP contribution in [0.15, 0.2) is 29.3 Å². The monoisotopic (exact) mass is 468 g/mol. The number of nitrogen functional groups attached to an aromatic ring is 1. The van der Waals surface area contributed by atoms with Crippen molar-refractivity contribution in [1.82, 2.24) is 15.3 Å². The third-order valence-electron chi connectivity index (χ3n) is 4.17. The highest BCUT2D eigenvalue weighted by atomic mass is 32.1. The predicted molar refractivity (Wildman–Crippen MR) is 115 cm³/mol. The van der Waals surface area contributed by atoms with E-state index < -0.39 is 23.7 Å². The number of carbonyl (C=O) groups is 2. The van der Waals surface area contributed by atoms with E-state index in [4.69, 9.17) is 5.73 Å². The molecule has 0 fully saturated rings. The first-order valence-corrected chi connectivity index (χ1v) is 9.79. The van der Waals surface area contributed by atoms with Crippen LogP contribution in [0.1, 0.15) is 30.9 Å². The summed E-state index contributed by atoms with van der Waals surface area (Å²) < 4.78 is 38.9. The zero-order chi connectivity index (χ0) is 23.9. The Labute approximate surface area is 187 Å². The minimum Gasteiger partial charge on any atom is -0.368 e. The van der Waals surface area contributed by atoms with Crippen molar-refractivity contribution >= 4 is 41.9 Å². The van der Waals surface area contributed by atoms with Crippen LogP contribution < -0.4 is 21.7 Å². The molecule has 170 valence electrons. The van der Waals surface area contributed by atoms with Gasteiger partial charge in [0.05, 0.1) is 5.56 Å². The van der Waals surface area contributed by atoms with Crippen LogP contribution in [0.4, 0.5) is 30.6 Å². The van der Waals surface area contributed by atoms with E-state index in [0.717, 1.165) is 12.1 Å². The number of carbonyl (C=O) groups excluding carboxylic acids is 2. The smallest absolute Gasteiger partial charge is 0.368 e. The van der Waals surface area contributed by atoms with Crippen LogP contribution in [0, 0.1) is 11.3 Å². The third-order valence-corrected chi connectivity index (χ3v) is 4.53. The standard InChI is InChI=1S/C19H20F3N7O2S/c1-10(30)25-7-3-6-14(27-15-13(9-23)17(32)29-18(24)28-15)16(31)26-12-5-2-4-11(8-12)19(20,21)22/h2,4-5,8,14H,3,6-7H2,1H3,(H,25,30)(H,26,31)(H4,24,27,28,29,32)/p+1/t14-/m0/s1. The molecular formula is C19H21F3N7O2S+. The van der Waals surface area contributed by atoms with Crippen molar-refractivity contribution in [3.05, 3.63) is 35.4 Å². The first kappa shape index (κ1) is 24.7. The fourth-order valence-corrected chi connectivity index (χ4v) is 2.98. The molecule has 2 aromatic rings. The molecule has 2 rings (SSSR count). The van der Waals surface area contributed by atoms with Crippen LogP contribution in [-0.4, -0.2) is 34.4 Å². The molecule has 32 heavy (non-hydrogen) atoms. The van der Waals surface area contributed by atoms with Crippen LogP contribution in [0.3, 0.4) is 0 Å². The van der Waals surface area contributed by atoms with E-state index >= 15 is 0 Å². The number of benzene rings is 1. The van der Waals surface area contributed by atoms with Crippen LogP contribution in [0.5, 0.6) is 0 Å². The zero-order valence-electron chi connectivity index (χ0n) is 16.9. The molecule has 0 unspecified atom stereocenters. The van der Waals surface area contributed by atoms with Gasteiger partial charge in [0.1, 0.15) is 12.1 Å². The second-order valence-corrected chi connectivity index (χ2v) is 7.13. The molecule has 5 N–H and O–H groups in total. The number of nitrogens with two attached hydrogens (primary N) is 1. The maximum absolute atomic E-state index is 13.0. The van der Waals surface area contributed by atoms with Crippen LogP contribution >= 0.6 is 0 Å². The summed E-state index contributed by atoms with van der Waals surface area (Å²) in [6, 6.07) is 5.07. The molecule has 0 bridgehead atoms. The van der Waals surface area contributed by atoms with E-state index in [1.54, 1.807) is 0 Å². The lowest BCUT2D eigenvalue weighted by Crippen LogP contribution is -2.36. The fraction of sp³-hybridized carbons (Fsp3) is 0.316. The minimum absolute atomic E-state index is 0.00500. The first-order chi connectivity index (χ1) is 15.0. The number of amides is 2. The summed E-state index contributed by atoms with van der Waals surface area (Å²) in [7, 11) is 0. The van der Waals surface area contributed by atoms with Crippen molar-refractivity contribution in [2.24, 2.45) is 0 Å². The Bertz CT molecular complexity index is 1040. The van der Waals surface area contributed by atoms with Crippen LogP contribution in [0.2, 0.25) is 0 Å². The lowest BCUT2D eigenvalue weighted by atomic mass is 10.1. The van der Waals surface area contributed by atoms with Gasteiger partial charge >= 0.3 is 6.18 Å². The van der Waals surface area contributed by atoms with Gasteiger partial charge in [-0.25, -0.2) is 0 Å². The Kier molecular flexibility index (Phi) is 8.25. The van der Waals surface area contributed by atoms with Crippen molar-refractivity contribution in [2.45, 2.75) is 37.0 Å². The molecule has 9 nitrogen and oxygen atoms in total. The summed E-state index contributed by atoms with van der Waals surface area (Å²) in [5.74, 6) is -1.09. The molecular weight excluding hydrogens is 447 g/mol. The molecule has 1 aromatic carbocycles. The topological polar surface area (TPSA) is 146 Å². The van der Waals surface area contributed by atoms with E-state index in [0.29, 0.717) is 6.42 Å². The number of nitrogens with one attached hydrogen (secondary N) is 3. The molecule has 2 amide bonds. The number of hydrogen-bond acceptors (Lipinski definition) is 7. The number of hydrogen-bond donors (Lipinski definition) is 4. The van der Waals surface area contributed by atoms with Gasteiger partial charge in [0.15, 0.2) is 11.4 Å². The summed E-state index contributed by atoms with van der Waals surface area (Å²) in [6.45, 7) is 1.61. The number of rotatable bonds is 8. The minimum atomic E-state index is -4.57. The predicted octanol–water partition coefficient (Wildman–Crippen LogP) is 1.66. The Morgan fingerprint density at radius 2 is 2.03 bits per heavy atom. The molecule has 1 aromatic heterocycles. The second-order valence-electron chi connectivity index (χ2n) is 6.66. The number of nitrogens with zero attached hydrogens (tertiary/aromatic N) is 3. The van der Waals surface area contributed by atoms with E-state index in [9.17, 15) is 28.0 Å². The van der Waals surface area contributed by atoms with Crippen molar-refractivity contribution in [3.63, 3.8) is 0 Å². The largest absolute Gasteiger partial charge is 0.416 e. The van der Waals surface area contributed by atoms with E-state index in [-0.39, 0.29) is 46.9 Å². The summed E-state index contributed by atoms with van der Waals surface area (Å²) in [5.41, 5.74) is 4.64. The summed E-state index contributed by atoms with van der Waals surface area (Å²) in [4.78, 5) is 31.7. The van der Waals surface area contributed by atoms with Crippen molar-refractivity contribution in [1.29, 1.82) is 5.26 Å². The zero-order valence-corrected chi connectivity index (χ0v) is 17.9. The summed E-state index contributed by atoms with van der Waals surface area (Å²) >= 11 is 3.15. The highest BCUT2D eigenvalue weighted by molar-refractivity contribution is 7.58. The molecule has 0 saturated heterocycles. The average molecular weight is 468 g/mol. The van der Waals surface area contributed by atoms with Crippen molar-refractivity contribution in [3.8, 4) is 6.07 Å². The maximum Gasteiger partial charge on any atom is 0.416 e. The first-order valence-electron chi connectivity index (χ1n) is 9.29. The van der Waals surface area contributed by atoms with Gasteiger partial charge in [0.25, 0.3) is 5.03 Å². The highest BCUT2D eigenvalue weighted by Crippen LogP contribution is 2.30. The van der Waals surface area contributed by atoms with Gasteiger partial charge in [-0.1, -0.05) is 6.07 Å². The molecule has 0 radical (unpaired) electrons. The highest BCUT2D eigenvalue weighted by Gasteiger charge is 2.31. The SMILES string of the molecule is CC(=O)NCCC[C@H](Nc1nc(N)nc([SH2+])c1C#N)C(=O)Nc1cccc(C(F)(F)F)c1. The quantitative estimate of drug-likeness (QED) is 0.262. The van der Waals surface area contributed by atoms with Crippen LogP contribution in [-0.2, 0) is 28.4 Å². The number of halogens is 3. The Morgan fingerprint density at radius 1 is 1.31 bits per heavy atom. The Hall–Kier alpha value is -3.53. The molecule has 0 aliphatic rings. The van der Waals surface area contributed by atoms with E-state index in [1.165, 1.54) is 19.1 Å². The number of anilines is 3. The van der Waals surface area contributed by atoms with Crippen molar-refractivity contribution < 1.29 is 22.8 Å². The molecule has 1 atom stereocenters. The lowest BCUT2D eigenvalue weighted by molar-refractivity contribution is -0.137. The number of nitriles is 1. The normalized spacial score (nSPS) is 11.9. The van der Waals surface area contributed by atoms with Gasteiger partial charge in [-0.05, 0) is 31.0 Å². The van der Waals surface area contributed by atoms with Gasteiger partial charge < -0.3 is 21.7 Å². The molecule has 0 aliphatic carbocycles. The number of aromatic nitrogens is 2. The molecule has 0 saturated carbocycles. The second kappa shape index (κ2) is 10.7. The van der Waals surface area contributed by atoms with Gasteiger partial charge in [-0.15, -0.1) is 0 Å². The molecule has 13 heteroatoms. The van der Waals surface area contributed by atoms with Gasteiger partial charge in [-0.3, -0.25) is 9.59 Å². The van der Waals surface area contributed by atoms with Crippen LogP contribution in [0.25, 0.3) is 0 Å². The third kappa shape index (κ3) is 7.02. The fourth-order valence-electron chi connectivity index (χ4n) is 2.70. The lowest BCUT2D eigenvalue weighted by Gasteiger charge is -2.20. The summed E-state index contributed by atoms with van der Waals surface area (Å²) in [5, 5.41) is 17.3. The van der Waals surface area contributed by atoms with E-state index in [2.05, 4.69) is 38.5 Å². The molecule has 0 aliphatic heterocycles. The number of alkyl halides is 3.